The smallest absolute Gasteiger partial charge is 0.409 e. The van der Waals surface area contributed by atoms with Crippen LogP contribution in [-0.4, -0.2) is 68.5 Å². The van der Waals surface area contributed by atoms with Gasteiger partial charge in [0.15, 0.2) is 5.96 Å². The molecule has 7 nitrogen and oxygen atoms in total. The molecule has 1 heterocycles. The van der Waals surface area contributed by atoms with Crippen LogP contribution in [-0.2, 0) is 9.47 Å². The van der Waals surface area contributed by atoms with Gasteiger partial charge in [-0.1, -0.05) is 12.8 Å². The molecule has 158 valence electrons. The third-order valence-corrected chi connectivity index (χ3v) is 4.93. The van der Waals surface area contributed by atoms with Gasteiger partial charge in [-0.05, 0) is 46.0 Å². The van der Waals surface area contributed by atoms with E-state index in [1.165, 1.54) is 25.7 Å². The first-order valence-corrected chi connectivity index (χ1v) is 10.3. The third-order valence-electron chi connectivity index (χ3n) is 4.93. The quantitative estimate of drug-likeness (QED) is 0.234. The van der Waals surface area contributed by atoms with Crippen LogP contribution in [0.25, 0.3) is 0 Å². The van der Waals surface area contributed by atoms with Crippen LogP contribution < -0.4 is 10.6 Å². The third kappa shape index (κ3) is 9.32. The molecular formula is C19H37IN4O3. The Balaban J connectivity index is 0.00000364. The van der Waals surface area contributed by atoms with E-state index in [0.29, 0.717) is 18.8 Å². The van der Waals surface area contributed by atoms with Crippen LogP contribution in [0.3, 0.4) is 0 Å². The lowest BCUT2D eigenvalue weighted by molar-refractivity contribution is 0.0579. The normalized spacial score (nSPS) is 18.9. The summed E-state index contributed by atoms with van der Waals surface area (Å²) in [5.41, 5.74) is 0. The molecule has 0 radical (unpaired) electrons. The SMILES string of the molecule is CCNC(=NCCCOC1CCCC1)NC1CCN(C(=O)OCC)CC1.I. The molecule has 1 saturated heterocycles. The predicted molar refractivity (Wildman–Crippen MR) is 119 cm³/mol. The molecule has 2 rings (SSSR count). The standard InChI is InChI=1S/C19H36N4O3.HI/c1-3-20-18(21-12-7-15-26-17-8-5-6-9-17)22-16-10-13-23(14-11-16)19(24)25-4-2;/h16-17H,3-15H2,1-2H3,(H2,20,21,22);1H. The van der Waals surface area contributed by atoms with Crippen molar-refractivity contribution < 1.29 is 14.3 Å². The second-order valence-corrected chi connectivity index (χ2v) is 7.00. The largest absolute Gasteiger partial charge is 0.450 e. The van der Waals surface area contributed by atoms with Gasteiger partial charge in [-0.25, -0.2) is 4.79 Å². The average molecular weight is 496 g/mol. The maximum atomic E-state index is 11.8. The van der Waals surface area contributed by atoms with Crippen molar-refractivity contribution >= 4 is 36.0 Å². The van der Waals surface area contributed by atoms with Crippen molar-refractivity contribution in [3.05, 3.63) is 0 Å². The predicted octanol–water partition coefficient (Wildman–Crippen LogP) is 3.13. The lowest BCUT2D eigenvalue weighted by atomic mass is 10.1. The molecule has 1 saturated carbocycles. The van der Waals surface area contributed by atoms with Crippen LogP contribution in [0, 0.1) is 0 Å². The van der Waals surface area contributed by atoms with Gasteiger partial charge in [0, 0.05) is 38.8 Å². The van der Waals surface area contributed by atoms with Gasteiger partial charge in [0.25, 0.3) is 0 Å². The van der Waals surface area contributed by atoms with Crippen molar-refractivity contribution in [2.45, 2.75) is 70.9 Å². The number of nitrogens with one attached hydrogen (secondary N) is 2. The van der Waals surface area contributed by atoms with E-state index >= 15 is 0 Å². The Labute approximate surface area is 181 Å². The highest BCUT2D eigenvalue weighted by molar-refractivity contribution is 14.0. The Hall–Kier alpha value is -0.770. The van der Waals surface area contributed by atoms with Crippen molar-refractivity contribution in [3.8, 4) is 0 Å². The van der Waals surface area contributed by atoms with Crippen LogP contribution in [0.2, 0.25) is 0 Å². The lowest BCUT2D eigenvalue weighted by Gasteiger charge is -2.32. The van der Waals surface area contributed by atoms with Gasteiger partial charge < -0.3 is 25.0 Å². The summed E-state index contributed by atoms with van der Waals surface area (Å²) < 4.78 is 11.0. The average Bonchev–Trinajstić information content (AvgIpc) is 3.16. The molecule has 8 heteroatoms. The first-order valence-electron chi connectivity index (χ1n) is 10.3. The Kier molecular flexibility index (Phi) is 12.8. The molecule has 2 fully saturated rings. The highest BCUT2D eigenvalue weighted by atomic mass is 127. The Morgan fingerprint density at radius 2 is 1.85 bits per heavy atom. The molecule has 0 bridgehead atoms. The zero-order valence-electron chi connectivity index (χ0n) is 16.9. The van der Waals surface area contributed by atoms with E-state index in [0.717, 1.165) is 58.0 Å². The molecule has 27 heavy (non-hydrogen) atoms. The van der Waals surface area contributed by atoms with E-state index in [2.05, 4.69) is 22.5 Å². The van der Waals surface area contributed by atoms with Crippen LogP contribution in [0.1, 0.15) is 58.8 Å². The van der Waals surface area contributed by atoms with Crippen molar-refractivity contribution in [2.24, 2.45) is 4.99 Å². The number of carbonyl (C=O) groups is 1. The highest BCUT2D eigenvalue weighted by Crippen LogP contribution is 2.20. The van der Waals surface area contributed by atoms with E-state index in [1.807, 2.05) is 6.92 Å². The van der Waals surface area contributed by atoms with E-state index < -0.39 is 0 Å². The Morgan fingerprint density at radius 3 is 2.48 bits per heavy atom. The van der Waals surface area contributed by atoms with Crippen molar-refractivity contribution in [1.29, 1.82) is 0 Å². The van der Waals surface area contributed by atoms with Gasteiger partial charge in [-0.2, -0.15) is 0 Å². The summed E-state index contributed by atoms with van der Waals surface area (Å²) >= 11 is 0. The molecule has 2 aliphatic rings. The number of halogens is 1. The lowest BCUT2D eigenvalue weighted by Crippen LogP contribution is -2.49. The molecule has 2 N–H and O–H groups in total. The minimum absolute atomic E-state index is 0. The summed E-state index contributed by atoms with van der Waals surface area (Å²) in [6.45, 7) is 8.20. The summed E-state index contributed by atoms with van der Waals surface area (Å²) in [5, 5.41) is 6.81. The first kappa shape index (κ1) is 24.3. The molecule has 1 aliphatic heterocycles. The number of ether oxygens (including phenoxy) is 2. The van der Waals surface area contributed by atoms with Crippen molar-refractivity contribution in [2.75, 3.05) is 39.4 Å². The van der Waals surface area contributed by atoms with Gasteiger partial charge >= 0.3 is 6.09 Å². The zero-order chi connectivity index (χ0) is 18.6. The number of rotatable bonds is 8. The number of likely N-dealkylation sites (tertiary alicyclic amines) is 1. The monoisotopic (exact) mass is 496 g/mol. The second-order valence-electron chi connectivity index (χ2n) is 7.00. The summed E-state index contributed by atoms with van der Waals surface area (Å²) in [6, 6.07) is 0.341. The van der Waals surface area contributed by atoms with Crippen LogP contribution in [0.5, 0.6) is 0 Å². The maximum absolute atomic E-state index is 11.8. The molecular weight excluding hydrogens is 459 g/mol. The molecule has 1 aliphatic carbocycles. The zero-order valence-corrected chi connectivity index (χ0v) is 19.2. The Morgan fingerprint density at radius 1 is 1.15 bits per heavy atom. The number of amides is 1. The summed E-state index contributed by atoms with van der Waals surface area (Å²) in [6.07, 6.45) is 8.12. The van der Waals surface area contributed by atoms with Crippen LogP contribution >= 0.6 is 24.0 Å². The van der Waals surface area contributed by atoms with Gasteiger partial charge in [-0.3, -0.25) is 4.99 Å². The van der Waals surface area contributed by atoms with Crippen molar-refractivity contribution in [1.82, 2.24) is 15.5 Å². The van der Waals surface area contributed by atoms with Gasteiger partial charge in [-0.15, -0.1) is 24.0 Å². The number of guanidine groups is 1. The van der Waals surface area contributed by atoms with E-state index in [4.69, 9.17) is 9.47 Å². The van der Waals surface area contributed by atoms with Crippen molar-refractivity contribution in [3.63, 3.8) is 0 Å². The van der Waals surface area contributed by atoms with Gasteiger partial charge in [0.1, 0.15) is 0 Å². The summed E-state index contributed by atoms with van der Waals surface area (Å²) in [4.78, 5) is 18.2. The molecule has 0 atom stereocenters. The number of aliphatic imine (C=N–C) groups is 1. The fourth-order valence-electron chi connectivity index (χ4n) is 3.49. The molecule has 0 aromatic rings. The molecule has 0 aromatic heterocycles. The van der Waals surface area contributed by atoms with E-state index in [1.54, 1.807) is 4.90 Å². The number of nitrogens with zero attached hydrogens (tertiary/aromatic N) is 2. The number of carbonyl (C=O) groups excluding carboxylic acids is 1. The topological polar surface area (TPSA) is 75.2 Å². The second kappa shape index (κ2) is 14.3. The first-order chi connectivity index (χ1) is 12.7. The fourth-order valence-corrected chi connectivity index (χ4v) is 3.49. The molecule has 0 spiro atoms. The molecule has 0 unspecified atom stereocenters. The highest BCUT2D eigenvalue weighted by Gasteiger charge is 2.24. The number of hydrogen-bond donors (Lipinski definition) is 2. The van der Waals surface area contributed by atoms with E-state index in [9.17, 15) is 4.79 Å². The molecule has 0 aromatic carbocycles. The fraction of sp³-hybridized carbons (Fsp3) is 0.895. The minimum Gasteiger partial charge on any atom is -0.450 e. The van der Waals surface area contributed by atoms with Crippen LogP contribution in [0.15, 0.2) is 4.99 Å². The summed E-state index contributed by atoms with van der Waals surface area (Å²) in [5.74, 6) is 0.864. The van der Waals surface area contributed by atoms with E-state index in [-0.39, 0.29) is 30.1 Å². The molecule has 1 amide bonds. The maximum Gasteiger partial charge on any atom is 0.409 e. The van der Waals surface area contributed by atoms with Gasteiger partial charge in [0.2, 0.25) is 0 Å². The van der Waals surface area contributed by atoms with Gasteiger partial charge in [0.05, 0.1) is 12.7 Å². The number of hydrogen-bond acceptors (Lipinski definition) is 4. The Bertz CT molecular complexity index is 437. The van der Waals surface area contributed by atoms with Crippen LogP contribution in [0.4, 0.5) is 4.79 Å². The summed E-state index contributed by atoms with van der Waals surface area (Å²) in [7, 11) is 0. The number of piperidine rings is 1. The minimum atomic E-state index is -0.200.